The van der Waals surface area contributed by atoms with Crippen LogP contribution < -0.4 is 15.4 Å². The second-order valence-electron chi connectivity index (χ2n) is 10.6. The van der Waals surface area contributed by atoms with Gasteiger partial charge in [-0.05, 0) is 60.5 Å². The van der Waals surface area contributed by atoms with Gasteiger partial charge in [-0.2, -0.15) is 18.3 Å². The summed E-state index contributed by atoms with van der Waals surface area (Å²) >= 11 is 0. The summed E-state index contributed by atoms with van der Waals surface area (Å²) in [6.07, 6.45) is -8.30. The molecule has 1 aromatic heterocycles. The Morgan fingerprint density at radius 3 is 2.29 bits per heavy atom. The van der Waals surface area contributed by atoms with Crippen LogP contribution in [0.5, 0.6) is 5.75 Å². The van der Waals surface area contributed by atoms with E-state index in [4.69, 9.17) is 0 Å². The summed E-state index contributed by atoms with van der Waals surface area (Å²) in [6, 6.07) is 11.7. The monoisotopic (exact) mass is 592 g/mol. The Kier molecular flexibility index (Phi) is 7.98. The second kappa shape index (κ2) is 11.0. The van der Waals surface area contributed by atoms with Gasteiger partial charge in [-0.25, -0.2) is 4.68 Å². The van der Waals surface area contributed by atoms with Crippen LogP contribution in [0.25, 0.3) is 16.6 Å². The summed E-state index contributed by atoms with van der Waals surface area (Å²) < 4.78 is 84.8. The van der Waals surface area contributed by atoms with Gasteiger partial charge in [-0.15, -0.1) is 13.2 Å². The topological polar surface area (TPSA) is 85.3 Å². The standard InChI is InChI=1S/C29H26F6N4O3/c1-16-12-18(9-11-24(16)42-29(33,34)35)39-23-7-5-6-22(20(23)15-37-39)38-25(40)19-13-17(8-10-21(19)28(30,31)32)14-36-26(41)27(2,3)4/h5-13,15H,14H2,1-4H3,(H,36,41)(H,38,40). The van der Waals surface area contributed by atoms with Crippen LogP contribution in [0.2, 0.25) is 0 Å². The number of benzene rings is 3. The molecule has 3 aromatic carbocycles. The number of hydrogen-bond donors (Lipinski definition) is 2. The van der Waals surface area contributed by atoms with Crippen molar-refractivity contribution in [2.45, 2.75) is 46.8 Å². The molecule has 42 heavy (non-hydrogen) atoms. The molecule has 13 heteroatoms. The van der Waals surface area contributed by atoms with E-state index in [0.717, 1.165) is 18.2 Å². The number of rotatable bonds is 6. The highest BCUT2D eigenvalue weighted by Gasteiger charge is 2.36. The lowest BCUT2D eigenvalue weighted by Gasteiger charge is -2.19. The maximum absolute atomic E-state index is 13.8. The van der Waals surface area contributed by atoms with Crippen molar-refractivity contribution in [2.75, 3.05) is 5.32 Å². The van der Waals surface area contributed by atoms with E-state index in [2.05, 4.69) is 20.5 Å². The predicted octanol–water partition coefficient (Wildman–Crippen LogP) is 7.17. The Bertz CT molecular complexity index is 1650. The van der Waals surface area contributed by atoms with Crippen LogP contribution >= 0.6 is 0 Å². The zero-order chi connectivity index (χ0) is 31.0. The molecule has 0 radical (unpaired) electrons. The lowest BCUT2D eigenvalue weighted by Crippen LogP contribution is -2.34. The summed E-state index contributed by atoms with van der Waals surface area (Å²) in [4.78, 5) is 25.4. The van der Waals surface area contributed by atoms with Gasteiger partial charge in [-0.3, -0.25) is 9.59 Å². The van der Waals surface area contributed by atoms with Crippen molar-refractivity contribution in [1.82, 2.24) is 15.1 Å². The van der Waals surface area contributed by atoms with E-state index in [1.54, 1.807) is 32.9 Å². The van der Waals surface area contributed by atoms with Crippen LogP contribution in [0.1, 0.15) is 47.8 Å². The Morgan fingerprint density at radius 2 is 1.67 bits per heavy atom. The van der Waals surface area contributed by atoms with E-state index in [0.29, 0.717) is 22.2 Å². The van der Waals surface area contributed by atoms with E-state index < -0.39 is 35.0 Å². The molecule has 0 aliphatic heterocycles. The number of nitrogens with one attached hydrogen (secondary N) is 2. The molecule has 7 nitrogen and oxygen atoms in total. The van der Waals surface area contributed by atoms with Gasteiger partial charge in [0.15, 0.2) is 0 Å². The first-order valence-electron chi connectivity index (χ1n) is 12.6. The van der Waals surface area contributed by atoms with Crippen molar-refractivity contribution >= 4 is 28.4 Å². The third-order valence-corrected chi connectivity index (χ3v) is 6.26. The third-order valence-electron chi connectivity index (χ3n) is 6.26. The van der Waals surface area contributed by atoms with Crippen molar-refractivity contribution in [3.63, 3.8) is 0 Å². The number of aryl methyl sites for hydroxylation is 1. The summed E-state index contributed by atoms with van der Waals surface area (Å²) in [7, 11) is 0. The first kappa shape index (κ1) is 30.4. The average Bonchev–Trinajstić information content (AvgIpc) is 3.31. The van der Waals surface area contributed by atoms with Crippen LogP contribution in [-0.2, 0) is 17.5 Å². The van der Waals surface area contributed by atoms with Crippen LogP contribution in [-0.4, -0.2) is 28.0 Å². The zero-order valence-corrected chi connectivity index (χ0v) is 22.9. The number of alkyl halides is 6. The van der Waals surface area contributed by atoms with E-state index in [1.165, 1.54) is 42.1 Å². The molecule has 0 spiro atoms. The number of nitrogens with zero attached hydrogens (tertiary/aromatic N) is 2. The molecule has 0 fully saturated rings. The minimum atomic E-state index is -4.86. The zero-order valence-electron chi connectivity index (χ0n) is 22.9. The van der Waals surface area contributed by atoms with Gasteiger partial charge in [0.1, 0.15) is 5.75 Å². The first-order chi connectivity index (χ1) is 19.4. The first-order valence-corrected chi connectivity index (χ1v) is 12.6. The van der Waals surface area contributed by atoms with Gasteiger partial charge in [0.2, 0.25) is 5.91 Å². The van der Waals surface area contributed by atoms with Crippen molar-refractivity contribution < 1.29 is 40.7 Å². The quantitative estimate of drug-likeness (QED) is 0.233. The maximum Gasteiger partial charge on any atom is 0.573 e. The summed E-state index contributed by atoms with van der Waals surface area (Å²) in [5.41, 5.74) is -1.02. The van der Waals surface area contributed by atoms with Crippen LogP contribution in [0.15, 0.2) is 60.8 Å². The highest BCUT2D eigenvalue weighted by Crippen LogP contribution is 2.34. The highest BCUT2D eigenvalue weighted by atomic mass is 19.4. The van der Waals surface area contributed by atoms with Crippen molar-refractivity contribution in [2.24, 2.45) is 5.41 Å². The SMILES string of the molecule is Cc1cc(-n2ncc3c(NC(=O)c4cc(CNC(=O)C(C)(C)C)ccc4C(F)(F)F)cccc32)ccc1OC(F)(F)F. The van der Waals surface area contributed by atoms with Crippen LogP contribution in [0.4, 0.5) is 32.0 Å². The molecule has 2 N–H and O–H groups in total. The Balaban J connectivity index is 1.65. The molecule has 0 unspecified atom stereocenters. The summed E-state index contributed by atoms with van der Waals surface area (Å²) in [6.45, 7) is 6.42. The van der Waals surface area contributed by atoms with Gasteiger partial charge >= 0.3 is 12.5 Å². The lowest BCUT2D eigenvalue weighted by atomic mass is 9.95. The number of halogens is 6. The van der Waals surface area contributed by atoms with E-state index in [-0.39, 0.29) is 29.5 Å². The Labute approximate surface area is 236 Å². The summed E-state index contributed by atoms with van der Waals surface area (Å²) in [5, 5.41) is 9.81. The fourth-order valence-electron chi connectivity index (χ4n) is 4.14. The molecule has 0 aliphatic rings. The largest absolute Gasteiger partial charge is 0.573 e. The molecule has 4 rings (SSSR count). The third kappa shape index (κ3) is 6.84. The molecular formula is C29H26F6N4O3. The number of carbonyl (C=O) groups excluding carboxylic acids is 2. The number of hydrogen-bond acceptors (Lipinski definition) is 4. The number of ether oxygens (including phenoxy) is 1. The molecule has 0 saturated carbocycles. The smallest absolute Gasteiger partial charge is 0.406 e. The number of carbonyl (C=O) groups is 2. The molecule has 2 amide bonds. The average molecular weight is 593 g/mol. The molecule has 1 heterocycles. The summed E-state index contributed by atoms with van der Waals surface area (Å²) in [5.74, 6) is -1.72. The van der Waals surface area contributed by atoms with E-state index in [1.807, 2.05) is 0 Å². The van der Waals surface area contributed by atoms with Gasteiger partial charge in [0.25, 0.3) is 5.91 Å². The molecule has 0 saturated heterocycles. The minimum absolute atomic E-state index is 0.0803. The molecule has 222 valence electrons. The van der Waals surface area contributed by atoms with Gasteiger partial charge in [0.05, 0.1) is 34.2 Å². The molecule has 0 aliphatic carbocycles. The number of fused-ring (bicyclic) bond motifs is 1. The fourth-order valence-corrected chi connectivity index (χ4v) is 4.14. The number of amides is 2. The molecule has 0 bridgehead atoms. The van der Waals surface area contributed by atoms with E-state index >= 15 is 0 Å². The highest BCUT2D eigenvalue weighted by molar-refractivity contribution is 6.09. The molecular weight excluding hydrogens is 566 g/mol. The van der Waals surface area contributed by atoms with Gasteiger partial charge in [0, 0.05) is 17.3 Å². The van der Waals surface area contributed by atoms with Crippen molar-refractivity contribution in [1.29, 1.82) is 0 Å². The Morgan fingerprint density at radius 1 is 0.952 bits per heavy atom. The second-order valence-corrected chi connectivity index (χ2v) is 10.6. The normalized spacial score (nSPS) is 12.3. The number of anilines is 1. The maximum atomic E-state index is 13.8. The Hall–Kier alpha value is -4.55. The van der Waals surface area contributed by atoms with Crippen molar-refractivity contribution in [3.05, 3.63) is 83.0 Å². The lowest BCUT2D eigenvalue weighted by molar-refractivity contribution is -0.274. The number of aromatic nitrogens is 2. The van der Waals surface area contributed by atoms with Crippen molar-refractivity contribution in [3.8, 4) is 11.4 Å². The molecule has 0 atom stereocenters. The minimum Gasteiger partial charge on any atom is -0.406 e. The van der Waals surface area contributed by atoms with Crippen LogP contribution in [0.3, 0.4) is 0 Å². The fraction of sp³-hybridized carbons (Fsp3) is 0.276. The molecule has 4 aromatic rings. The predicted molar refractivity (Wildman–Crippen MR) is 143 cm³/mol. The van der Waals surface area contributed by atoms with Crippen LogP contribution in [0, 0.1) is 12.3 Å². The van der Waals surface area contributed by atoms with E-state index in [9.17, 15) is 35.9 Å². The van der Waals surface area contributed by atoms with Gasteiger partial charge in [-0.1, -0.05) is 32.9 Å². The van der Waals surface area contributed by atoms with Gasteiger partial charge < -0.3 is 15.4 Å².